The van der Waals surface area contributed by atoms with Crippen molar-refractivity contribution in [2.24, 2.45) is 0 Å². The van der Waals surface area contributed by atoms with Gasteiger partial charge in [0.2, 0.25) is 0 Å². The van der Waals surface area contributed by atoms with Crippen molar-refractivity contribution in [3.05, 3.63) is 52.3 Å². The highest BCUT2D eigenvalue weighted by atomic mass is 79.9. The number of nitrogens with zero attached hydrogens (tertiary/aromatic N) is 1. The summed E-state index contributed by atoms with van der Waals surface area (Å²) in [6.45, 7) is 1.59. The Bertz CT molecular complexity index is 1000. The number of aryl methyl sites for hydroxylation is 1. The van der Waals surface area contributed by atoms with Gasteiger partial charge in [-0.15, -0.1) is 0 Å². The third-order valence-electron chi connectivity index (χ3n) is 3.09. The van der Waals surface area contributed by atoms with Gasteiger partial charge in [0.1, 0.15) is 9.50 Å². The van der Waals surface area contributed by atoms with Gasteiger partial charge in [-0.3, -0.25) is 4.79 Å². The molecule has 7 nitrogen and oxygen atoms in total. The van der Waals surface area contributed by atoms with Gasteiger partial charge in [-0.2, -0.15) is 0 Å². The lowest BCUT2D eigenvalue weighted by Gasteiger charge is -2.09. The topological polar surface area (TPSA) is 110 Å². The molecule has 0 fully saturated rings. The molecule has 0 unspecified atom stereocenters. The van der Waals surface area contributed by atoms with Crippen molar-refractivity contribution in [2.75, 3.05) is 6.26 Å². The Morgan fingerprint density at radius 2 is 1.79 bits per heavy atom. The van der Waals surface area contributed by atoms with Gasteiger partial charge in [0.25, 0.3) is 15.9 Å². The summed E-state index contributed by atoms with van der Waals surface area (Å²) < 4.78 is 50.1. The zero-order chi connectivity index (χ0) is 18.1. The van der Waals surface area contributed by atoms with Crippen LogP contribution in [0.4, 0.5) is 0 Å². The number of sulfonamides is 1. The molecule has 0 saturated heterocycles. The summed E-state index contributed by atoms with van der Waals surface area (Å²) in [5, 5.41) is 0. The van der Waals surface area contributed by atoms with Gasteiger partial charge < -0.3 is 0 Å². The first-order valence-corrected chi connectivity index (χ1v) is 10.7. The maximum absolute atomic E-state index is 12.2. The van der Waals surface area contributed by atoms with Gasteiger partial charge >= 0.3 is 0 Å². The van der Waals surface area contributed by atoms with Crippen molar-refractivity contribution >= 4 is 41.7 Å². The normalized spacial score (nSPS) is 12.0. The van der Waals surface area contributed by atoms with Crippen LogP contribution in [-0.2, 0) is 19.9 Å². The standard InChI is InChI=1S/C14H13BrN2O5S2/c1-9-3-4-10(7-12(9)23(2,19)20)14(18)17-24(21,22)11-5-6-13(15)16-8-11/h3-8H,1-2H3,(H,17,18). The lowest BCUT2D eigenvalue weighted by atomic mass is 10.1. The molecular weight excluding hydrogens is 420 g/mol. The molecular formula is C14H13BrN2O5S2. The Labute approximate surface area is 148 Å². The molecule has 0 spiro atoms. The first-order valence-electron chi connectivity index (χ1n) is 6.50. The van der Waals surface area contributed by atoms with E-state index in [1.54, 1.807) is 6.92 Å². The Morgan fingerprint density at radius 3 is 2.33 bits per heavy atom. The van der Waals surface area contributed by atoms with Crippen molar-refractivity contribution in [1.82, 2.24) is 9.71 Å². The van der Waals surface area contributed by atoms with Crippen LogP contribution in [-0.4, -0.2) is 34.0 Å². The first kappa shape index (κ1) is 18.6. The molecule has 1 aromatic carbocycles. The smallest absolute Gasteiger partial charge is 0.265 e. The molecule has 128 valence electrons. The maximum atomic E-state index is 12.2. The molecule has 2 rings (SSSR count). The zero-order valence-electron chi connectivity index (χ0n) is 12.6. The van der Waals surface area contributed by atoms with E-state index in [2.05, 4.69) is 20.9 Å². The number of hydrogen-bond donors (Lipinski definition) is 1. The van der Waals surface area contributed by atoms with Crippen molar-refractivity contribution in [3.8, 4) is 0 Å². The highest BCUT2D eigenvalue weighted by molar-refractivity contribution is 9.10. The molecule has 24 heavy (non-hydrogen) atoms. The molecule has 0 bridgehead atoms. The lowest BCUT2D eigenvalue weighted by Crippen LogP contribution is -2.30. The van der Waals surface area contributed by atoms with Gasteiger partial charge in [-0.1, -0.05) is 6.07 Å². The number of nitrogens with one attached hydrogen (secondary N) is 1. The minimum atomic E-state index is -4.12. The van der Waals surface area contributed by atoms with E-state index in [0.717, 1.165) is 18.5 Å². The maximum Gasteiger partial charge on any atom is 0.265 e. The Morgan fingerprint density at radius 1 is 1.12 bits per heavy atom. The highest BCUT2D eigenvalue weighted by Crippen LogP contribution is 2.18. The molecule has 0 aliphatic carbocycles. The summed E-state index contributed by atoms with van der Waals surface area (Å²) in [5.74, 6) is -0.928. The second-order valence-electron chi connectivity index (χ2n) is 5.00. The summed E-state index contributed by atoms with van der Waals surface area (Å²) in [6, 6.07) is 6.65. The fraction of sp³-hybridized carbons (Fsp3) is 0.143. The number of rotatable bonds is 4. The predicted molar refractivity (Wildman–Crippen MR) is 90.9 cm³/mol. The molecule has 1 aromatic heterocycles. The van der Waals surface area contributed by atoms with Crippen LogP contribution in [0.25, 0.3) is 0 Å². The zero-order valence-corrected chi connectivity index (χ0v) is 15.9. The number of aromatic nitrogens is 1. The molecule has 0 aliphatic rings. The molecule has 0 radical (unpaired) electrons. The van der Waals surface area contributed by atoms with Crippen LogP contribution in [0.1, 0.15) is 15.9 Å². The van der Waals surface area contributed by atoms with E-state index < -0.39 is 25.8 Å². The molecule has 1 heterocycles. The van der Waals surface area contributed by atoms with Crippen LogP contribution < -0.4 is 4.72 Å². The number of carbonyl (C=O) groups excluding carboxylic acids is 1. The average Bonchev–Trinajstić information content (AvgIpc) is 2.46. The molecule has 1 N–H and O–H groups in total. The fourth-order valence-corrected chi connectivity index (χ4v) is 4.05. The Balaban J connectivity index is 2.35. The van der Waals surface area contributed by atoms with E-state index in [-0.39, 0.29) is 15.4 Å². The van der Waals surface area contributed by atoms with Crippen LogP contribution in [0.5, 0.6) is 0 Å². The quantitative estimate of drug-likeness (QED) is 0.735. The lowest BCUT2D eigenvalue weighted by molar-refractivity contribution is 0.0981. The van der Waals surface area contributed by atoms with Crippen LogP contribution in [0.15, 0.2) is 50.9 Å². The van der Waals surface area contributed by atoms with Gasteiger partial charge in [0.15, 0.2) is 9.84 Å². The molecule has 2 aromatic rings. The van der Waals surface area contributed by atoms with Crippen LogP contribution >= 0.6 is 15.9 Å². The first-order chi connectivity index (χ1) is 11.0. The summed E-state index contributed by atoms with van der Waals surface area (Å²) >= 11 is 3.08. The second kappa shape index (κ2) is 6.61. The molecule has 1 amide bonds. The number of halogens is 1. The van der Waals surface area contributed by atoms with E-state index in [1.807, 2.05) is 4.72 Å². The molecule has 0 atom stereocenters. The largest absolute Gasteiger partial charge is 0.268 e. The monoisotopic (exact) mass is 432 g/mol. The average molecular weight is 433 g/mol. The molecule has 0 saturated carbocycles. The summed E-state index contributed by atoms with van der Waals surface area (Å²) in [5.41, 5.74) is 0.392. The van der Waals surface area contributed by atoms with Crippen molar-refractivity contribution in [2.45, 2.75) is 16.7 Å². The van der Waals surface area contributed by atoms with E-state index >= 15 is 0 Å². The Hall–Kier alpha value is -1.78. The minimum absolute atomic E-state index is 0.0298. The third kappa shape index (κ3) is 4.19. The number of carbonyl (C=O) groups is 1. The summed E-state index contributed by atoms with van der Waals surface area (Å²) in [4.78, 5) is 15.8. The van der Waals surface area contributed by atoms with E-state index in [0.29, 0.717) is 10.2 Å². The number of amides is 1. The summed E-state index contributed by atoms with van der Waals surface area (Å²) in [7, 11) is -7.65. The number of hydrogen-bond acceptors (Lipinski definition) is 6. The van der Waals surface area contributed by atoms with Crippen LogP contribution in [0.2, 0.25) is 0 Å². The van der Waals surface area contributed by atoms with Gasteiger partial charge in [-0.25, -0.2) is 26.5 Å². The van der Waals surface area contributed by atoms with E-state index in [1.165, 1.54) is 24.3 Å². The van der Waals surface area contributed by atoms with Gasteiger partial charge in [0, 0.05) is 18.0 Å². The summed E-state index contributed by atoms with van der Waals surface area (Å²) in [6.07, 6.45) is 2.11. The molecule has 10 heteroatoms. The minimum Gasteiger partial charge on any atom is -0.268 e. The van der Waals surface area contributed by atoms with E-state index in [4.69, 9.17) is 0 Å². The van der Waals surface area contributed by atoms with Crippen LogP contribution in [0, 0.1) is 6.92 Å². The highest BCUT2D eigenvalue weighted by Gasteiger charge is 2.21. The van der Waals surface area contributed by atoms with Gasteiger partial charge in [-0.05, 0) is 52.7 Å². The fourth-order valence-electron chi connectivity index (χ4n) is 1.90. The number of pyridine rings is 1. The number of benzene rings is 1. The van der Waals surface area contributed by atoms with Crippen LogP contribution in [0.3, 0.4) is 0 Å². The third-order valence-corrected chi connectivity index (χ3v) is 6.11. The second-order valence-corrected chi connectivity index (χ2v) is 9.48. The van der Waals surface area contributed by atoms with E-state index in [9.17, 15) is 21.6 Å². The van der Waals surface area contributed by atoms with Crippen molar-refractivity contribution in [3.63, 3.8) is 0 Å². The van der Waals surface area contributed by atoms with Crippen molar-refractivity contribution < 1.29 is 21.6 Å². The predicted octanol–water partition coefficient (Wildman–Crippen LogP) is 1.67. The van der Waals surface area contributed by atoms with Crippen molar-refractivity contribution in [1.29, 1.82) is 0 Å². The molecule has 0 aliphatic heterocycles. The Kier molecular flexibility index (Phi) is 5.11. The SMILES string of the molecule is Cc1ccc(C(=O)NS(=O)(=O)c2ccc(Br)nc2)cc1S(C)(=O)=O. The van der Waals surface area contributed by atoms with Gasteiger partial charge in [0.05, 0.1) is 4.90 Å². The number of sulfone groups is 1.